The molecule has 0 heterocycles. The maximum atomic E-state index is 6.02. The highest BCUT2D eigenvalue weighted by Gasteiger charge is 2.39. The normalized spacial score (nSPS) is 13.8. The number of hydrogen-bond donors (Lipinski definition) is 0. The largest absolute Gasteiger partial charge is 0.500 e. The summed E-state index contributed by atoms with van der Waals surface area (Å²) in [5.41, 5.74) is 2.50. The van der Waals surface area contributed by atoms with E-state index in [1.165, 1.54) is 11.4 Å². The van der Waals surface area contributed by atoms with Crippen LogP contribution in [0.1, 0.15) is 81.6 Å². The molecule has 0 saturated heterocycles. The Hall–Kier alpha value is -0.603. The number of aliphatic imine (C=N–C) groups is 2. The third-order valence-electron chi connectivity index (χ3n) is 5.05. The van der Waals surface area contributed by atoms with Gasteiger partial charge in [-0.1, -0.05) is 27.7 Å². The Balaban J connectivity index is 4.96. The van der Waals surface area contributed by atoms with Crippen molar-refractivity contribution in [3.8, 4) is 0 Å². The molecular formula is C25H53N3O3Si. The summed E-state index contributed by atoms with van der Waals surface area (Å²) >= 11 is 0. The van der Waals surface area contributed by atoms with Crippen LogP contribution in [-0.4, -0.2) is 77.7 Å². The fourth-order valence-electron chi connectivity index (χ4n) is 3.93. The van der Waals surface area contributed by atoms with Gasteiger partial charge in [-0.05, 0) is 72.3 Å². The maximum absolute atomic E-state index is 6.02. The first-order valence-corrected chi connectivity index (χ1v) is 14.7. The summed E-state index contributed by atoms with van der Waals surface area (Å²) in [6.07, 6.45) is 3.14. The van der Waals surface area contributed by atoms with Gasteiger partial charge in [0, 0.05) is 50.4 Å². The van der Waals surface area contributed by atoms with Crippen LogP contribution in [0.5, 0.6) is 0 Å². The standard InChI is InChI=1S/C25H53N3O3Si/c1-10-29-32(30-11-2,31-12-3)19-13-16-28(17-14-26-24(8)20-22(4)5)18-15-27-25(9)21-23(6)7/h22-23H,10-21H2,1-9H3. The van der Waals surface area contributed by atoms with Crippen LogP contribution >= 0.6 is 0 Å². The second-order valence-corrected chi connectivity index (χ2v) is 12.1. The molecule has 0 aliphatic rings. The SMILES string of the molecule is CCO[Si](CCCN(CCN=C(C)CC(C)C)CCN=C(C)CC(C)C)(OCC)OCC. The smallest absolute Gasteiger partial charge is 0.374 e. The highest BCUT2D eigenvalue weighted by atomic mass is 28.4. The molecule has 32 heavy (non-hydrogen) atoms. The monoisotopic (exact) mass is 471 g/mol. The molecule has 0 fully saturated rings. The molecule has 0 N–H and O–H groups in total. The lowest BCUT2D eigenvalue weighted by Crippen LogP contribution is -2.46. The van der Waals surface area contributed by atoms with E-state index in [2.05, 4.69) is 46.4 Å². The average Bonchev–Trinajstić information content (AvgIpc) is 2.67. The molecule has 0 amide bonds. The third kappa shape index (κ3) is 16.1. The van der Waals surface area contributed by atoms with Gasteiger partial charge >= 0.3 is 8.80 Å². The summed E-state index contributed by atoms with van der Waals surface area (Å²) in [6.45, 7) is 25.8. The van der Waals surface area contributed by atoms with Crippen molar-refractivity contribution in [3.63, 3.8) is 0 Å². The van der Waals surface area contributed by atoms with Gasteiger partial charge in [0.15, 0.2) is 0 Å². The Morgan fingerprint density at radius 2 is 1.12 bits per heavy atom. The van der Waals surface area contributed by atoms with Crippen LogP contribution in [0.3, 0.4) is 0 Å². The Kier molecular flexibility index (Phi) is 18.4. The third-order valence-corrected chi connectivity index (χ3v) is 8.20. The Bertz CT molecular complexity index is 478. The zero-order valence-electron chi connectivity index (χ0n) is 22.7. The van der Waals surface area contributed by atoms with Gasteiger partial charge in [0.05, 0.1) is 13.1 Å². The van der Waals surface area contributed by atoms with Crippen LogP contribution in [-0.2, 0) is 13.3 Å². The molecule has 0 spiro atoms. The Morgan fingerprint density at radius 3 is 1.47 bits per heavy atom. The molecule has 0 aromatic heterocycles. The molecular weight excluding hydrogens is 418 g/mol. The summed E-state index contributed by atoms with van der Waals surface area (Å²) in [4.78, 5) is 12.1. The van der Waals surface area contributed by atoms with Crippen molar-refractivity contribution in [3.05, 3.63) is 0 Å². The van der Waals surface area contributed by atoms with Crippen molar-refractivity contribution in [1.29, 1.82) is 0 Å². The number of rotatable bonds is 20. The molecule has 0 radical (unpaired) electrons. The molecule has 0 aromatic carbocycles. The van der Waals surface area contributed by atoms with E-state index in [1.54, 1.807) is 0 Å². The number of hydrogen-bond acceptors (Lipinski definition) is 6. The fraction of sp³-hybridized carbons (Fsp3) is 0.920. The highest BCUT2D eigenvalue weighted by Crippen LogP contribution is 2.18. The van der Waals surface area contributed by atoms with E-state index in [9.17, 15) is 0 Å². The summed E-state index contributed by atoms with van der Waals surface area (Å²) in [6, 6.07) is 0.851. The van der Waals surface area contributed by atoms with E-state index in [0.29, 0.717) is 31.7 Å². The van der Waals surface area contributed by atoms with Crippen molar-refractivity contribution < 1.29 is 13.3 Å². The lowest BCUT2D eigenvalue weighted by Gasteiger charge is -2.29. The first-order chi connectivity index (χ1) is 15.2. The first-order valence-electron chi connectivity index (χ1n) is 12.8. The molecule has 0 saturated carbocycles. The molecule has 0 rings (SSSR count). The molecule has 7 heteroatoms. The van der Waals surface area contributed by atoms with E-state index >= 15 is 0 Å². The molecule has 0 bridgehead atoms. The molecule has 0 atom stereocenters. The Morgan fingerprint density at radius 1 is 0.719 bits per heavy atom. The van der Waals surface area contributed by atoms with Gasteiger partial charge in [0.25, 0.3) is 0 Å². The minimum absolute atomic E-state index is 0.629. The predicted molar refractivity (Wildman–Crippen MR) is 141 cm³/mol. The molecule has 0 aliphatic heterocycles. The summed E-state index contributed by atoms with van der Waals surface area (Å²) in [5, 5.41) is 0. The molecule has 6 nitrogen and oxygen atoms in total. The van der Waals surface area contributed by atoms with Crippen molar-refractivity contribution in [2.45, 2.75) is 87.6 Å². The zero-order valence-corrected chi connectivity index (χ0v) is 23.7. The van der Waals surface area contributed by atoms with E-state index in [-0.39, 0.29) is 0 Å². The van der Waals surface area contributed by atoms with Gasteiger partial charge in [-0.25, -0.2) is 0 Å². The molecule has 0 aromatic rings. The lowest BCUT2D eigenvalue weighted by molar-refractivity contribution is 0.0699. The maximum Gasteiger partial charge on any atom is 0.500 e. The average molecular weight is 472 g/mol. The van der Waals surface area contributed by atoms with Crippen LogP contribution in [0.15, 0.2) is 9.98 Å². The second kappa shape index (κ2) is 18.8. The van der Waals surface area contributed by atoms with Crippen molar-refractivity contribution in [2.24, 2.45) is 21.8 Å². The van der Waals surface area contributed by atoms with Gasteiger partial charge in [-0.15, -0.1) is 0 Å². The van der Waals surface area contributed by atoms with Crippen LogP contribution in [0.2, 0.25) is 6.04 Å². The van der Waals surface area contributed by atoms with Crippen molar-refractivity contribution >= 4 is 20.2 Å². The van der Waals surface area contributed by atoms with Crippen LogP contribution in [0, 0.1) is 11.8 Å². The predicted octanol–water partition coefficient (Wildman–Crippen LogP) is 5.74. The lowest BCUT2D eigenvalue weighted by atomic mass is 10.1. The zero-order chi connectivity index (χ0) is 24.4. The van der Waals surface area contributed by atoms with E-state index in [1.807, 2.05) is 20.8 Å². The fourth-order valence-corrected chi connectivity index (χ4v) is 6.52. The van der Waals surface area contributed by atoms with Crippen LogP contribution in [0.4, 0.5) is 0 Å². The summed E-state index contributed by atoms with van der Waals surface area (Å²) in [7, 11) is -2.58. The summed E-state index contributed by atoms with van der Waals surface area (Å²) < 4.78 is 18.1. The topological polar surface area (TPSA) is 55.7 Å². The van der Waals surface area contributed by atoms with Gasteiger partial charge in [-0.2, -0.15) is 0 Å². The van der Waals surface area contributed by atoms with Gasteiger partial charge in [-0.3, -0.25) is 14.9 Å². The van der Waals surface area contributed by atoms with Crippen molar-refractivity contribution in [1.82, 2.24) is 4.90 Å². The van der Waals surface area contributed by atoms with Gasteiger partial charge in [0.1, 0.15) is 0 Å². The quantitative estimate of drug-likeness (QED) is 0.168. The van der Waals surface area contributed by atoms with E-state index < -0.39 is 8.80 Å². The van der Waals surface area contributed by atoms with E-state index in [0.717, 1.165) is 58.0 Å². The van der Waals surface area contributed by atoms with Crippen LogP contribution < -0.4 is 0 Å². The minimum Gasteiger partial charge on any atom is -0.374 e. The summed E-state index contributed by atoms with van der Waals surface area (Å²) in [5.74, 6) is 1.31. The molecule has 190 valence electrons. The highest BCUT2D eigenvalue weighted by molar-refractivity contribution is 6.60. The van der Waals surface area contributed by atoms with Crippen LogP contribution in [0.25, 0.3) is 0 Å². The Labute approximate surface area is 200 Å². The van der Waals surface area contributed by atoms with Crippen molar-refractivity contribution in [2.75, 3.05) is 52.5 Å². The van der Waals surface area contributed by atoms with Gasteiger partial charge in [0.2, 0.25) is 0 Å². The molecule has 0 unspecified atom stereocenters. The minimum atomic E-state index is -2.58. The first kappa shape index (κ1) is 31.4. The van der Waals surface area contributed by atoms with E-state index in [4.69, 9.17) is 23.3 Å². The second-order valence-electron chi connectivity index (χ2n) is 9.36. The number of nitrogens with zero attached hydrogens (tertiary/aromatic N) is 3. The van der Waals surface area contributed by atoms with Gasteiger partial charge < -0.3 is 13.3 Å². The molecule has 0 aliphatic carbocycles.